The fraction of sp³-hybridized carbons (Fsp3) is 0.312. The Labute approximate surface area is 127 Å². The van der Waals surface area contributed by atoms with Gasteiger partial charge in [-0.25, -0.2) is 5.10 Å². The Bertz CT molecular complexity index is 721. The summed E-state index contributed by atoms with van der Waals surface area (Å²) in [7, 11) is 1.71. The number of aromatic amines is 1. The molecule has 22 heavy (non-hydrogen) atoms. The van der Waals surface area contributed by atoms with Crippen LogP contribution < -0.4 is 5.56 Å². The van der Waals surface area contributed by atoms with Crippen LogP contribution in [0, 0.1) is 0 Å². The van der Waals surface area contributed by atoms with Crippen molar-refractivity contribution in [3.63, 3.8) is 0 Å². The molecule has 1 aliphatic heterocycles. The third kappa shape index (κ3) is 3.07. The number of H-pyrrole nitrogens is 1. The van der Waals surface area contributed by atoms with E-state index in [1.165, 1.54) is 23.3 Å². The van der Waals surface area contributed by atoms with E-state index in [0.29, 0.717) is 13.2 Å². The molecule has 2 heterocycles. The summed E-state index contributed by atoms with van der Waals surface area (Å²) in [5.74, 6) is -0.237. The van der Waals surface area contributed by atoms with Crippen molar-refractivity contribution in [2.75, 3.05) is 13.6 Å². The maximum absolute atomic E-state index is 12.3. The summed E-state index contributed by atoms with van der Waals surface area (Å²) in [6.07, 6.45) is 0.749. The Morgan fingerprint density at radius 2 is 2.09 bits per heavy atom. The maximum Gasteiger partial charge on any atom is 0.274 e. The van der Waals surface area contributed by atoms with E-state index in [-0.39, 0.29) is 23.3 Å². The minimum absolute atomic E-state index is 0.0355. The van der Waals surface area contributed by atoms with Gasteiger partial charge in [-0.15, -0.1) is 0 Å². The quantitative estimate of drug-likeness (QED) is 0.917. The van der Waals surface area contributed by atoms with Crippen LogP contribution in [0.4, 0.5) is 0 Å². The fourth-order valence-corrected chi connectivity index (χ4v) is 2.57. The Morgan fingerprint density at radius 1 is 1.32 bits per heavy atom. The number of hydrogen-bond donors (Lipinski definition) is 1. The van der Waals surface area contributed by atoms with E-state index in [0.717, 1.165) is 6.42 Å². The van der Waals surface area contributed by atoms with Crippen molar-refractivity contribution in [1.82, 2.24) is 15.1 Å². The summed E-state index contributed by atoms with van der Waals surface area (Å²) in [5, 5.41) is 6.03. The zero-order valence-electron chi connectivity index (χ0n) is 12.3. The number of rotatable bonds is 3. The smallest absolute Gasteiger partial charge is 0.274 e. The highest BCUT2D eigenvalue weighted by molar-refractivity contribution is 5.91. The molecular formula is C16H17N3O3. The average molecular weight is 299 g/mol. The summed E-state index contributed by atoms with van der Waals surface area (Å²) in [6, 6.07) is 10.9. The van der Waals surface area contributed by atoms with Gasteiger partial charge in [-0.3, -0.25) is 9.59 Å². The first-order valence-electron chi connectivity index (χ1n) is 7.13. The van der Waals surface area contributed by atoms with Crippen molar-refractivity contribution in [3.8, 4) is 0 Å². The molecule has 1 aromatic heterocycles. The van der Waals surface area contributed by atoms with Crippen LogP contribution in [-0.4, -0.2) is 40.7 Å². The van der Waals surface area contributed by atoms with Crippen molar-refractivity contribution < 1.29 is 9.53 Å². The zero-order chi connectivity index (χ0) is 15.5. The molecule has 114 valence electrons. The largest absolute Gasteiger partial charge is 0.371 e. The predicted octanol–water partition coefficient (Wildman–Crippen LogP) is 0.983. The van der Waals surface area contributed by atoms with Crippen LogP contribution in [-0.2, 0) is 17.8 Å². The van der Waals surface area contributed by atoms with E-state index in [4.69, 9.17) is 4.74 Å². The van der Waals surface area contributed by atoms with Crippen LogP contribution in [0.1, 0.15) is 21.6 Å². The maximum atomic E-state index is 12.3. The van der Waals surface area contributed by atoms with Gasteiger partial charge in [0.05, 0.1) is 12.7 Å². The van der Waals surface area contributed by atoms with Gasteiger partial charge in [-0.05, 0) is 17.2 Å². The molecule has 0 saturated carbocycles. The molecular weight excluding hydrogens is 282 g/mol. The number of carbonyl (C=O) groups is 1. The Morgan fingerprint density at radius 3 is 2.82 bits per heavy atom. The van der Waals surface area contributed by atoms with Gasteiger partial charge in [0.25, 0.3) is 11.5 Å². The molecule has 0 spiro atoms. The van der Waals surface area contributed by atoms with Gasteiger partial charge in [-0.2, -0.15) is 5.10 Å². The van der Waals surface area contributed by atoms with Crippen LogP contribution in [0.15, 0.2) is 41.2 Å². The number of aromatic nitrogens is 2. The highest BCUT2D eigenvalue weighted by atomic mass is 16.5. The molecule has 1 atom stereocenters. The number of ether oxygens (including phenoxy) is 1. The lowest BCUT2D eigenvalue weighted by atomic mass is 9.99. The van der Waals surface area contributed by atoms with Gasteiger partial charge in [0.15, 0.2) is 0 Å². The number of carbonyl (C=O) groups excluding carboxylic acids is 1. The minimum Gasteiger partial charge on any atom is -0.371 e. The number of fused-ring (bicyclic) bond motifs is 1. The number of amides is 1. The molecule has 1 aromatic carbocycles. The molecule has 6 heteroatoms. The monoisotopic (exact) mass is 299 g/mol. The second-order valence-corrected chi connectivity index (χ2v) is 5.40. The van der Waals surface area contributed by atoms with Gasteiger partial charge in [0, 0.05) is 26.1 Å². The molecule has 0 radical (unpaired) electrons. The summed E-state index contributed by atoms with van der Waals surface area (Å²) < 4.78 is 5.81. The summed E-state index contributed by atoms with van der Waals surface area (Å²) >= 11 is 0. The van der Waals surface area contributed by atoms with Gasteiger partial charge in [-0.1, -0.05) is 24.3 Å². The van der Waals surface area contributed by atoms with Crippen molar-refractivity contribution in [2.45, 2.75) is 19.1 Å². The third-order valence-corrected chi connectivity index (χ3v) is 3.76. The van der Waals surface area contributed by atoms with Crippen molar-refractivity contribution >= 4 is 5.91 Å². The molecule has 6 nitrogen and oxygen atoms in total. The summed E-state index contributed by atoms with van der Waals surface area (Å²) in [6.45, 7) is 1.05. The fourth-order valence-electron chi connectivity index (χ4n) is 2.57. The lowest BCUT2D eigenvalue weighted by molar-refractivity contribution is 0.00969. The van der Waals surface area contributed by atoms with Gasteiger partial charge in [0.2, 0.25) is 0 Å². The van der Waals surface area contributed by atoms with Crippen LogP contribution in [0.2, 0.25) is 0 Å². The second kappa shape index (κ2) is 6.11. The first-order valence-corrected chi connectivity index (χ1v) is 7.13. The zero-order valence-corrected chi connectivity index (χ0v) is 12.3. The molecule has 2 aromatic rings. The lowest BCUT2D eigenvalue weighted by Crippen LogP contribution is -2.38. The van der Waals surface area contributed by atoms with Crippen LogP contribution in [0.25, 0.3) is 0 Å². The van der Waals surface area contributed by atoms with Crippen LogP contribution >= 0.6 is 0 Å². The number of hydrogen-bond acceptors (Lipinski definition) is 4. The number of nitrogens with one attached hydrogen (secondary N) is 1. The molecule has 3 rings (SSSR count). The first kappa shape index (κ1) is 14.5. The van der Waals surface area contributed by atoms with Crippen LogP contribution in [0.3, 0.4) is 0 Å². The standard InChI is InChI=1S/C16H17N3O3/c1-19(16(21)14-6-7-15(20)18-17-14)9-13-8-11-4-2-3-5-12(11)10-22-13/h2-7,13H,8-10H2,1H3,(H,18,20). The average Bonchev–Trinajstić information content (AvgIpc) is 2.55. The number of benzene rings is 1. The van der Waals surface area contributed by atoms with Crippen LogP contribution in [0.5, 0.6) is 0 Å². The van der Waals surface area contributed by atoms with E-state index in [1.54, 1.807) is 11.9 Å². The number of nitrogens with zero attached hydrogens (tertiary/aromatic N) is 2. The van der Waals surface area contributed by atoms with Crippen molar-refractivity contribution in [1.29, 1.82) is 0 Å². The second-order valence-electron chi connectivity index (χ2n) is 5.40. The molecule has 0 fully saturated rings. The molecule has 1 aliphatic rings. The van der Waals surface area contributed by atoms with Crippen molar-refractivity contribution in [2.24, 2.45) is 0 Å². The SMILES string of the molecule is CN(CC1Cc2ccccc2CO1)C(=O)c1ccc(=O)[nH]n1. The molecule has 1 amide bonds. The van der Waals surface area contributed by atoms with Gasteiger partial charge < -0.3 is 9.64 Å². The number of likely N-dealkylation sites (N-methyl/N-ethyl adjacent to an activating group) is 1. The van der Waals surface area contributed by atoms with Gasteiger partial charge in [0.1, 0.15) is 5.69 Å². The molecule has 0 aliphatic carbocycles. The summed E-state index contributed by atoms with van der Waals surface area (Å²) in [5.41, 5.74) is 2.36. The van der Waals surface area contributed by atoms with E-state index in [1.807, 2.05) is 12.1 Å². The predicted molar refractivity (Wildman–Crippen MR) is 80.5 cm³/mol. The first-order chi connectivity index (χ1) is 10.6. The Kier molecular flexibility index (Phi) is 4.02. The topological polar surface area (TPSA) is 75.3 Å². The minimum atomic E-state index is -0.327. The van der Waals surface area contributed by atoms with E-state index in [2.05, 4.69) is 22.3 Å². The van der Waals surface area contributed by atoms with Crippen molar-refractivity contribution in [3.05, 3.63) is 63.6 Å². The Hall–Kier alpha value is -2.47. The summed E-state index contributed by atoms with van der Waals surface area (Å²) in [4.78, 5) is 24.8. The molecule has 0 saturated heterocycles. The lowest BCUT2D eigenvalue weighted by Gasteiger charge is -2.28. The highest BCUT2D eigenvalue weighted by Gasteiger charge is 2.23. The van der Waals surface area contributed by atoms with E-state index < -0.39 is 0 Å². The highest BCUT2D eigenvalue weighted by Crippen LogP contribution is 2.20. The van der Waals surface area contributed by atoms with E-state index in [9.17, 15) is 9.59 Å². The molecule has 0 bridgehead atoms. The Balaban J connectivity index is 1.65. The molecule has 1 N–H and O–H groups in total. The normalized spacial score (nSPS) is 16.9. The van der Waals surface area contributed by atoms with E-state index >= 15 is 0 Å². The third-order valence-electron chi connectivity index (χ3n) is 3.76. The molecule has 1 unspecified atom stereocenters. The van der Waals surface area contributed by atoms with Gasteiger partial charge >= 0.3 is 0 Å².